The molecule has 1 aliphatic rings. The van der Waals surface area contributed by atoms with Gasteiger partial charge in [-0.1, -0.05) is 35.4 Å². The van der Waals surface area contributed by atoms with Crippen LogP contribution in [-0.2, 0) is 13.0 Å². The molecule has 0 spiro atoms. The second-order valence-corrected chi connectivity index (χ2v) is 5.17. The molecule has 5 nitrogen and oxygen atoms in total. The van der Waals surface area contributed by atoms with Crippen LogP contribution in [0.25, 0.3) is 0 Å². The normalized spacial score (nSPS) is 14.4. The molecule has 0 bridgehead atoms. The Morgan fingerprint density at radius 2 is 2.00 bits per heavy atom. The maximum absolute atomic E-state index is 5.52. The van der Waals surface area contributed by atoms with Crippen molar-refractivity contribution in [2.45, 2.75) is 38.3 Å². The number of anilines is 1. The van der Waals surface area contributed by atoms with Crippen LogP contribution in [0.2, 0.25) is 0 Å². The number of hydrogen-bond acceptors (Lipinski definition) is 5. The van der Waals surface area contributed by atoms with Crippen molar-refractivity contribution in [3.05, 3.63) is 41.8 Å². The van der Waals surface area contributed by atoms with Crippen LogP contribution in [-0.4, -0.2) is 22.8 Å². The number of nitrogens with one attached hydrogen (secondary N) is 2. The van der Waals surface area contributed by atoms with Crippen molar-refractivity contribution in [1.82, 2.24) is 15.5 Å². The second-order valence-electron chi connectivity index (χ2n) is 5.17. The van der Waals surface area contributed by atoms with E-state index in [1.165, 1.54) is 18.4 Å². The largest absolute Gasteiger partial charge is 0.407 e. The molecule has 1 heterocycles. The first-order chi connectivity index (χ1) is 9.90. The second kappa shape index (κ2) is 6.52. The van der Waals surface area contributed by atoms with Crippen LogP contribution in [0.4, 0.5) is 6.01 Å². The maximum Gasteiger partial charge on any atom is 0.315 e. The molecule has 5 heteroatoms. The molecule has 1 aromatic carbocycles. The molecule has 0 amide bonds. The van der Waals surface area contributed by atoms with Crippen LogP contribution in [0, 0.1) is 0 Å². The lowest BCUT2D eigenvalue weighted by Gasteiger charge is -2.02. The SMILES string of the molecule is c1ccc(CCCNc2nnc(CNC3CC3)o2)cc1. The van der Waals surface area contributed by atoms with E-state index >= 15 is 0 Å². The molecular formula is C15H20N4O. The highest BCUT2D eigenvalue weighted by Gasteiger charge is 2.21. The predicted molar refractivity (Wildman–Crippen MR) is 77.4 cm³/mol. The smallest absolute Gasteiger partial charge is 0.315 e. The van der Waals surface area contributed by atoms with Crippen molar-refractivity contribution in [2.24, 2.45) is 0 Å². The number of rotatable bonds is 8. The van der Waals surface area contributed by atoms with Crippen LogP contribution in [0.1, 0.15) is 30.7 Å². The summed E-state index contributed by atoms with van der Waals surface area (Å²) in [5, 5.41) is 14.5. The minimum absolute atomic E-state index is 0.519. The number of nitrogens with zero attached hydrogens (tertiary/aromatic N) is 2. The Kier molecular flexibility index (Phi) is 4.28. The Hall–Kier alpha value is -1.88. The van der Waals surface area contributed by atoms with Crippen molar-refractivity contribution in [1.29, 1.82) is 0 Å². The number of benzene rings is 1. The third kappa shape index (κ3) is 4.06. The van der Waals surface area contributed by atoms with Crippen molar-refractivity contribution in [3.63, 3.8) is 0 Å². The minimum Gasteiger partial charge on any atom is -0.407 e. The van der Waals surface area contributed by atoms with Crippen LogP contribution >= 0.6 is 0 Å². The molecule has 2 aromatic rings. The monoisotopic (exact) mass is 272 g/mol. The van der Waals surface area contributed by atoms with Gasteiger partial charge in [0, 0.05) is 12.6 Å². The van der Waals surface area contributed by atoms with Gasteiger partial charge in [-0.05, 0) is 31.2 Å². The van der Waals surface area contributed by atoms with Gasteiger partial charge in [0.05, 0.1) is 6.54 Å². The summed E-state index contributed by atoms with van der Waals surface area (Å²) in [5.74, 6) is 0.655. The summed E-state index contributed by atoms with van der Waals surface area (Å²) in [4.78, 5) is 0. The van der Waals surface area contributed by atoms with Gasteiger partial charge in [0.2, 0.25) is 5.89 Å². The molecule has 1 fully saturated rings. The fourth-order valence-electron chi connectivity index (χ4n) is 2.05. The van der Waals surface area contributed by atoms with Crippen LogP contribution in [0.15, 0.2) is 34.7 Å². The maximum atomic E-state index is 5.52. The van der Waals surface area contributed by atoms with Crippen LogP contribution in [0.5, 0.6) is 0 Å². The van der Waals surface area contributed by atoms with Gasteiger partial charge in [-0.15, -0.1) is 5.10 Å². The molecular weight excluding hydrogens is 252 g/mol. The van der Waals surface area contributed by atoms with Gasteiger partial charge in [0.25, 0.3) is 0 Å². The molecule has 0 unspecified atom stereocenters. The molecule has 106 valence electrons. The lowest BCUT2D eigenvalue weighted by atomic mass is 10.1. The Morgan fingerprint density at radius 3 is 2.80 bits per heavy atom. The van der Waals surface area contributed by atoms with Gasteiger partial charge >= 0.3 is 6.01 Å². The Balaban J connectivity index is 1.35. The fraction of sp³-hybridized carbons (Fsp3) is 0.467. The summed E-state index contributed by atoms with van der Waals surface area (Å²) < 4.78 is 5.52. The van der Waals surface area contributed by atoms with Gasteiger partial charge < -0.3 is 15.1 Å². The topological polar surface area (TPSA) is 63.0 Å². The molecule has 1 aromatic heterocycles. The van der Waals surface area contributed by atoms with Crippen molar-refractivity contribution in [2.75, 3.05) is 11.9 Å². The van der Waals surface area contributed by atoms with E-state index in [1.807, 2.05) is 6.07 Å². The molecule has 2 N–H and O–H groups in total. The van der Waals surface area contributed by atoms with Crippen LogP contribution < -0.4 is 10.6 Å². The standard InChI is InChI=1S/C15H20N4O/c1-2-5-12(6-3-1)7-4-10-16-15-19-18-14(20-15)11-17-13-8-9-13/h1-3,5-6,13,17H,4,7-11H2,(H,16,19). The predicted octanol–water partition coefficient (Wildman–Crippen LogP) is 2.37. The van der Waals surface area contributed by atoms with E-state index in [0.717, 1.165) is 19.4 Å². The van der Waals surface area contributed by atoms with E-state index in [0.29, 0.717) is 24.5 Å². The molecule has 0 saturated heterocycles. The fourth-order valence-corrected chi connectivity index (χ4v) is 2.05. The van der Waals surface area contributed by atoms with Crippen molar-refractivity contribution in [3.8, 4) is 0 Å². The molecule has 0 radical (unpaired) electrons. The summed E-state index contributed by atoms with van der Waals surface area (Å²) in [6, 6.07) is 11.6. The third-order valence-corrected chi connectivity index (χ3v) is 3.35. The third-order valence-electron chi connectivity index (χ3n) is 3.35. The van der Waals surface area contributed by atoms with Gasteiger partial charge in [0.15, 0.2) is 0 Å². The number of hydrogen-bond donors (Lipinski definition) is 2. The summed E-state index contributed by atoms with van der Waals surface area (Å²) in [5.41, 5.74) is 1.36. The van der Waals surface area contributed by atoms with Crippen LogP contribution in [0.3, 0.4) is 0 Å². The Bertz CT molecular complexity index is 522. The van der Waals surface area contributed by atoms with E-state index in [4.69, 9.17) is 4.42 Å². The van der Waals surface area contributed by atoms with E-state index in [-0.39, 0.29) is 0 Å². The van der Waals surface area contributed by atoms with E-state index in [9.17, 15) is 0 Å². The van der Waals surface area contributed by atoms with Crippen molar-refractivity contribution >= 4 is 6.01 Å². The molecule has 0 atom stereocenters. The lowest BCUT2D eigenvalue weighted by molar-refractivity contribution is 0.475. The zero-order valence-corrected chi connectivity index (χ0v) is 11.5. The van der Waals surface area contributed by atoms with E-state index in [2.05, 4.69) is 45.1 Å². The summed E-state index contributed by atoms with van der Waals surface area (Å²) in [6.45, 7) is 1.51. The van der Waals surface area contributed by atoms with Crippen molar-refractivity contribution < 1.29 is 4.42 Å². The summed E-state index contributed by atoms with van der Waals surface area (Å²) in [7, 11) is 0. The average Bonchev–Trinajstić information content (AvgIpc) is 3.21. The summed E-state index contributed by atoms with van der Waals surface area (Å²) in [6.07, 6.45) is 4.62. The van der Waals surface area contributed by atoms with Gasteiger partial charge in [-0.3, -0.25) is 0 Å². The highest BCUT2D eigenvalue weighted by atomic mass is 16.4. The molecule has 20 heavy (non-hydrogen) atoms. The molecule has 0 aliphatic heterocycles. The Labute approximate surface area is 118 Å². The first-order valence-electron chi connectivity index (χ1n) is 7.24. The highest BCUT2D eigenvalue weighted by Crippen LogP contribution is 2.19. The zero-order valence-electron chi connectivity index (χ0n) is 11.5. The number of aromatic nitrogens is 2. The van der Waals surface area contributed by atoms with Gasteiger partial charge in [0.1, 0.15) is 0 Å². The quantitative estimate of drug-likeness (QED) is 0.722. The molecule has 1 saturated carbocycles. The first kappa shape index (κ1) is 13.1. The zero-order chi connectivity index (χ0) is 13.6. The van der Waals surface area contributed by atoms with Gasteiger partial charge in [-0.25, -0.2) is 0 Å². The Morgan fingerprint density at radius 1 is 1.15 bits per heavy atom. The highest BCUT2D eigenvalue weighted by molar-refractivity contribution is 5.18. The summed E-state index contributed by atoms with van der Waals surface area (Å²) >= 11 is 0. The van der Waals surface area contributed by atoms with E-state index in [1.54, 1.807) is 0 Å². The first-order valence-corrected chi connectivity index (χ1v) is 7.24. The lowest BCUT2D eigenvalue weighted by Crippen LogP contribution is -2.15. The molecule has 1 aliphatic carbocycles. The number of aryl methyl sites for hydroxylation is 1. The van der Waals surface area contributed by atoms with Gasteiger partial charge in [-0.2, -0.15) is 0 Å². The molecule has 3 rings (SSSR count). The van der Waals surface area contributed by atoms with E-state index < -0.39 is 0 Å². The minimum atomic E-state index is 0.519. The average molecular weight is 272 g/mol.